The molecule has 0 unspecified atom stereocenters. The quantitative estimate of drug-likeness (QED) is 0.804. The number of carbonyl (C=O) groups is 1. The summed E-state index contributed by atoms with van der Waals surface area (Å²) in [5.74, 6) is -0.643. The van der Waals surface area contributed by atoms with Crippen molar-refractivity contribution in [3.63, 3.8) is 0 Å². The highest BCUT2D eigenvalue weighted by Gasteiger charge is 2.15. The molecule has 0 spiro atoms. The molecule has 112 valence electrons. The first-order valence-corrected chi connectivity index (χ1v) is 7.46. The fraction of sp³-hybridized carbons (Fsp3) is 0.267. The minimum absolute atomic E-state index is 0.238. The van der Waals surface area contributed by atoms with Gasteiger partial charge in [0.15, 0.2) is 0 Å². The Morgan fingerprint density at radius 3 is 2.95 bits per heavy atom. The monoisotopic (exact) mass is 308 g/mol. The maximum absolute atomic E-state index is 13.0. The van der Waals surface area contributed by atoms with Crippen LogP contribution in [0.2, 0.25) is 0 Å². The average Bonchev–Trinajstić information content (AvgIpc) is 2.80. The number of rotatable bonds is 6. The highest BCUT2D eigenvalue weighted by molar-refractivity contribution is 7.18. The van der Waals surface area contributed by atoms with Crippen molar-refractivity contribution < 1.29 is 13.9 Å². The SMILES string of the molecule is CCOC(=O)c1sc(NCCc2cccc(F)c2)cc1N. The Morgan fingerprint density at radius 2 is 2.24 bits per heavy atom. The number of nitrogens with two attached hydrogens (primary N) is 1. The molecular formula is C15H17FN2O2S. The first-order valence-electron chi connectivity index (χ1n) is 6.65. The second-order valence-electron chi connectivity index (χ2n) is 4.42. The van der Waals surface area contributed by atoms with E-state index in [0.717, 1.165) is 10.6 Å². The van der Waals surface area contributed by atoms with Gasteiger partial charge in [0.1, 0.15) is 10.7 Å². The summed E-state index contributed by atoms with van der Waals surface area (Å²) in [6.45, 7) is 2.70. The van der Waals surface area contributed by atoms with Gasteiger partial charge in [-0.05, 0) is 37.1 Å². The van der Waals surface area contributed by atoms with E-state index in [1.54, 1.807) is 19.1 Å². The third kappa shape index (κ3) is 4.19. The van der Waals surface area contributed by atoms with E-state index < -0.39 is 5.97 Å². The van der Waals surface area contributed by atoms with E-state index in [-0.39, 0.29) is 5.82 Å². The molecule has 3 N–H and O–H groups in total. The molecule has 0 aliphatic rings. The molecule has 1 aromatic carbocycles. The minimum atomic E-state index is -0.404. The largest absolute Gasteiger partial charge is 0.462 e. The molecule has 2 rings (SSSR count). The molecule has 0 amide bonds. The Hall–Kier alpha value is -2.08. The van der Waals surface area contributed by atoms with Crippen LogP contribution in [0.25, 0.3) is 0 Å². The second-order valence-corrected chi connectivity index (χ2v) is 5.47. The number of benzene rings is 1. The van der Waals surface area contributed by atoms with Gasteiger partial charge in [-0.25, -0.2) is 9.18 Å². The number of carbonyl (C=O) groups excluding carboxylic acids is 1. The summed E-state index contributed by atoms with van der Waals surface area (Å²) in [6.07, 6.45) is 0.685. The van der Waals surface area contributed by atoms with Crippen molar-refractivity contribution in [1.82, 2.24) is 0 Å². The molecule has 0 fully saturated rings. The Morgan fingerprint density at radius 1 is 1.43 bits per heavy atom. The van der Waals surface area contributed by atoms with Gasteiger partial charge < -0.3 is 15.8 Å². The summed E-state index contributed by atoms with van der Waals surface area (Å²) in [5, 5.41) is 3.98. The van der Waals surface area contributed by atoms with E-state index in [1.165, 1.54) is 23.5 Å². The maximum Gasteiger partial charge on any atom is 0.350 e. The summed E-state index contributed by atoms with van der Waals surface area (Å²) in [7, 11) is 0. The van der Waals surface area contributed by atoms with Crippen LogP contribution in [0.5, 0.6) is 0 Å². The maximum atomic E-state index is 13.0. The van der Waals surface area contributed by atoms with Gasteiger partial charge >= 0.3 is 5.97 Å². The van der Waals surface area contributed by atoms with Crippen molar-refractivity contribution in [2.45, 2.75) is 13.3 Å². The zero-order chi connectivity index (χ0) is 15.2. The molecule has 0 aliphatic heterocycles. The lowest BCUT2D eigenvalue weighted by Crippen LogP contribution is -2.04. The van der Waals surface area contributed by atoms with Gasteiger partial charge in [0, 0.05) is 6.54 Å². The molecule has 0 bridgehead atoms. The summed E-state index contributed by atoms with van der Waals surface area (Å²) < 4.78 is 18.0. The number of anilines is 2. The van der Waals surface area contributed by atoms with Gasteiger partial charge in [-0.15, -0.1) is 11.3 Å². The molecule has 0 saturated heterocycles. The van der Waals surface area contributed by atoms with E-state index in [1.807, 2.05) is 6.07 Å². The van der Waals surface area contributed by atoms with Crippen LogP contribution in [0.15, 0.2) is 30.3 Å². The van der Waals surface area contributed by atoms with Gasteiger partial charge in [-0.3, -0.25) is 0 Å². The van der Waals surface area contributed by atoms with Crippen LogP contribution in [0, 0.1) is 5.82 Å². The Balaban J connectivity index is 1.92. The van der Waals surface area contributed by atoms with Gasteiger partial charge in [0.05, 0.1) is 17.3 Å². The first-order chi connectivity index (χ1) is 10.1. The van der Waals surface area contributed by atoms with Crippen molar-refractivity contribution in [2.24, 2.45) is 0 Å². The average molecular weight is 308 g/mol. The van der Waals surface area contributed by atoms with Gasteiger partial charge in [-0.2, -0.15) is 0 Å². The number of hydrogen-bond donors (Lipinski definition) is 2. The third-order valence-corrected chi connectivity index (χ3v) is 3.91. The lowest BCUT2D eigenvalue weighted by atomic mass is 10.1. The van der Waals surface area contributed by atoms with Crippen molar-refractivity contribution >= 4 is 28.0 Å². The Labute approximate surface area is 126 Å². The standard InChI is InChI=1S/C15H17FN2O2S/c1-2-20-15(19)14-12(17)9-13(21-14)18-7-6-10-4-3-5-11(16)8-10/h3-5,8-9,18H,2,6-7,17H2,1H3. The van der Waals surface area contributed by atoms with Gasteiger partial charge in [-0.1, -0.05) is 12.1 Å². The molecular weight excluding hydrogens is 291 g/mol. The summed E-state index contributed by atoms with van der Waals surface area (Å²) in [5.41, 5.74) is 7.12. The predicted molar refractivity (Wildman–Crippen MR) is 83.3 cm³/mol. The first kappa shape index (κ1) is 15.3. The zero-order valence-electron chi connectivity index (χ0n) is 11.7. The molecule has 1 aromatic heterocycles. The second kappa shape index (κ2) is 7.08. The molecule has 0 aliphatic carbocycles. The summed E-state index contributed by atoms with van der Waals surface area (Å²) in [6, 6.07) is 8.20. The number of hydrogen-bond acceptors (Lipinski definition) is 5. The van der Waals surface area contributed by atoms with Crippen molar-refractivity contribution in [1.29, 1.82) is 0 Å². The highest BCUT2D eigenvalue weighted by atomic mass is 32.1. The number of nitrogens with one attached hydrogen (secondary N) is 1. The fourth-order valence-electron chi connectivity index (χ4n) is 1.87. The number of ether oxygens (including phenoxy) is 1. The number of thiophene rings is 1. The van der Waals surface area contributed by atoms with Crippen LogP contribution in [-0.4, -0.2) is 19.1 Å². The number of halogens is 1. The summed E-state index contributed by atoms with van der Waals surface area (Å²) in [4.78, 5) is 12.1. The topological polar surface area (TPSA) is 64.3 Å². The van der Waals surface area contributed by atoms with Crippen LogP contribution in [0.3, 0.4) is 0 Å². The van der Waals surface area contributed by atoms with Crippen LogP contribution in [-0.2, 0) is 11.2 Å². The lowest BCUT2D eigenvalue weighted by molar-refractivity contribution is 0.0533. The molecule has 6 heteroatoms. The lowest BCUT2D eigenvalue weighted by Gasteiger charge is -2.03. The minimum Gasteiger partial charge on any atom is -0.462 e. The number of nitrogen functional groups attached to an aromatic ring is 1. The van der Waals surface area contributed by atoms with Crippen LogP contribution >= 0.6 is 11.3 Å². The van der Waals surface area contributed by atoms with E-state index >= 15 is 0 Å². The fourth-order valence-corrected chi connectivity index (χ4v) is 2.77. The summed E-state index contributed by atoms with van der Waals surface area (Å²) >= 11 is 1.26. The molecule has 2 aromatic rings. The van der Waals surface area contributed by atoms with Crippen LogP contribution in [0.1, 0.15) is 22.2 Å². The smallest absolute Gasteiger partial charge is 0.350 e. The van der Waals surface area contributed by atoms with Crippen LogP contribution in [0.4, 0.5) is 15.1 Å². The molecule has 21 heavy (non-hydrogen) atoms. The van der Waals surface area contributed by atoms with Gasteiger partial charge in [0.25, 0.3) is 0 Å². The van der Waals surface area contributed by atoms with Crippen molar-refractivity contribution in [3.8, 4) is 0 Å². The zero-order valence-corrected chi connectivity index (χ0v) is 12.5. The normalized spacial score (nSPS) is 10.4. The van der Waals surface area contributed by atoms with Crippen molar-refractivity contribution in [3.05, 3.63) is 46.6 Å². The van der Waals surface area contributed by atoms with E-state index in [9.17, 15) is 9.18 Å². The van der Waals surface area contributed by atoms with Gasteiger partial charge in [0.2, 0.25) is 0 Å². The van der Waals surface area contributed by atoms with E-state index in [2.05, 4.69) is 5.32 Å². The molecule has 0 atom stereocenters. The molecule has 0 radical (unpaired) electrons. The van der Waals surface area contributed by atoms with Crippen molar-refractivity contribution in [2.75, 3.05) is 24.2 Å². The Kier molecular flexibility index (Phi) is 5.16. The molecule has 0 saturated carbocycles. The predicted octanol–water partition coefficient (Wildman–Crippen LogP) is 3.30. The third-order valence-electron chi connectivity index (χ3n) is 2.82. The molecule has 1 heterocycles. The molecule has 4 nitrogen and oxygen atoms in total. The Bertz CT molecular complexity index is 628. The van der Waals surface area contributed by atoms with E-state index in [0.29, 0.717) is 30.1 Å². The number of esters is 1. The van der Waals surface area contributed by atoms with Crippen LogP contribution < -0.4 is 11.1 Å². The highest BCUT2D eigenvalue weighted by Crippen LogP contribution is 2.29. The van der Waals surface area contributed by atoms with E-state index in [4.69, 9.17) is 10.5 Å².